The average molecular weight is 414 g/mol. The third-order valence-corrected chi connectivity index (χ3v) is 6.75. The molecule has 0 bridgehead atoms. The first-order chi connectivity index (χ1) is 14.0. The van der Waals surface area contributed by atoms with Crippen molar-refractivity contribution in [3.05, 3.63) is 71.9 Å². The van der Waals surface area contributed by atoms with Crippen molar-refractivity contribution in [1.29, 1.82) is 0 Å². The Bertz CT molecular complexity index is 1070. The largest absolute Gasteiger partial charge is 0.454 e. The summed E-state index contributed by atoms with van der Waals surface area (Å²) in [5.74, 6) is 0.529. The van der Waals surface area contributed by atoms with Gasteiger partial charge in [-0.2, -0.15) is 9.40 Å². The number of hydrogen-bond donors (Lipinski definition) is 1. The number of sulfonamides is 1. The number of carbonyl (C=O) groups is 1. The predicted molar refractivity (Wildman–Crippen MR) is 106 cm³/mol. The van der Waals surface area contributed by atoms with Gasteiger partial charge in [0.25, 0.3) is 5.91 Å². The van der Waals surface area contributed by atoms with Gasteiger partial charge in [-0.05, 0) is 48.7 Å². The molecule has 0 aliphatic carbocycles. The Hall–Kier alpha value is -2.91. The van der Waals surface area contributed by atoms with Crippen LogP contribution in [0.25, 0.3) is 0 Å². The van der Waals surface area contributed by atoms with Crippen molar-refractivity contribution in [2.24, 2.45) is 0 Å². The summed E-state index contributed by atoms with van der Waals surface area (Å²) >= 11 is 0. The van der Waals surface area contributed by atoms with E-state index in [-0.39, 0.29) is 23.1 Å². The van der Waals surface area contributed by atoms with Gasteiger partial charge in [0.05, 0.1) is 11.4 Å². The smallest absolute Gasteiger partial charge is 0.287 e. The van der Waals surface area contributed by atoms with Gasteiger partial charge in [0, 0.05) is 32.0 Å². The maximum atomic E-state index is 12.6. The number of nitrogens with one attached hydrogen (secondary N) is 1. The number of furan rings is 1. The highest BCUT2D eigenvalue weighted by atomic mass is 32.2. The minimum absolute atomic E-state index is 0.223. The van der Waals surface area contributed by atoms with Crippen molar-refractivity contribution in [3.8, 4) is 0 Å². The number of amides is 1. The van der Waals surface area contributed by atoms with Crippen LogP contribution in [-0.2, 0) is 23.1 Å². The molecule has 0 radical (unpaired) electrons. The van der Waals surface area contributed by atoms with Crippen molar-refractivity contribution in [2.75, 3.05) is 13.1 Å². The van der Waals surface area contributed by atoms with Gasteiger partial charge in [-0.3, -0.25) is 9.48 Å². The molecular weight excluding hydrogens is 392 g/mol. The van der Waals surface area contributed by atoms with Gasteiger partial charge >= 0.3 is 0 Å². The zero-order chi connectivity index (χ0) is 20.3. The van der Waals surface area contributed by atoms with E-state index in [1.165, 1.54) is 4.31 Å². The summed E-state index contributed by atoms with van der Waals surface area (Å²) in [6, 6.07) is 11.8. The molecule has 1 aliphatic rings. The highest BCUT2D eigenvalue weighted by Gasteiger charge is 2.26. The van der Waals surface area contributed by atoms with Gasteiger partial charge in [0.1, 0.15) is 5.76 Å². The van der Waals surface area contributed by atoms with E-state index in [9.17, 15) is 13.2 Å². The molecule has 1 fully saturated rings. The number of benzene rings is 1. The van der Waals surface area contributed by atoms with Crippen LogP contribution in [0, 0.1) is 0 Å². The minimum atomic E-state index is -3.42. The van der Waals surface area contributed by atoms with Crippen LogP contribution in [-0.4, -0.2) is 41.5 Å². The predicted octanol–water partition coefficient (Wildman–Crippen LogP) is 2.24. The molecule has 1 aliphatic heterocycles. The second kappa shape index (κ2) is 8.22. The molecule has 8 nitrogen and oxygen atoms in total. The molecule has 3 heterocycles. The van der Waals surface area contributed by atoms with Crippen molar-refractivity contribution in [2.45, 2.75) is 30.8 Å². The van der Waals surface area contributed by atoms with E-state index >= 15 is 0 Å². The second-order valence-electron chi connectivity index (χ2n) is 6.91. The van der Waals surface area contributed by atoms with Gasteiger partial charge in [-0.1, -0.05) is 12.1 Å². The number of nitrogens with zero attached hydrogens (tertiary/aromatic N) is 3. The van der Waals surface area contributed by atoms with Crippen LogP contribution in [0.5, 0.6) is 0 Å². The fourth-order valence-electron chi connectivity index (χ4n) is 3.26. The van der Waals surface area contributed by atoms with Crippen LogP contribution < -0.4 is 5.32 Å². The average Bonchev–Trinajstić information content (AvgIpc) is 3.49. The SMILES string of the molecule is O=C(NCc1ccc(S(=O)(=O)N2CCCC2)cc1)c1ccc(Cn2cccn2)o1. The molecule has 2 aromatic heterocycles. The van der Waals surface area contributed by atoms with E-state index in [1.807, 2.05) is 12.3 Å². The first kappa shape index (κ1) is 19.4. The van der Waals surface area contributed by atoms with Gasteiger partial charge in [-0.15, -0.1) is 0 Å². The summed E-state index contributed by atoms with van der Waals surface area (Å²) in [5, 5.41) is 6.89. The normalized spacial score (nSPS) is 14.9. The van der Waals surface area contributed by atoms with Gasteiger partial charge in [0.2, 0.25) is 10.0 Å². The van der Waals surface area contributed by atoms with E-state index in [4.69, 9.17) is 4.42 Å². The number of rotatable bonds is 7. The zero-order valence-electron chi connectivity index (χ0n) is 15.8. The summed E-state index contributed by atoms with van der Waals surface area (Å²) in [6.45, 7) is 1.88. The quantitative estimate of drug-likeness (QED) is 0.639. The van der Waals surface area contributed by atoms with Gasteiger partial charge < -0.3 is 9.73 Å². The summed E-state index contributed by atoms with van der Waals surface area (Å²) in [6.07, 6.45) is 5.30. The molecule has 0 unspecified atom stereocenters. The highest BCUT2D eigenvalue weighted by Crippen LogP contribution is 2.21. The van der Waals surface area contributed by atoms with Crippen LogP contribution in [0.2, 0.25) is 0 Å². The molecule has 9 heteroatoms. The van der Waals surface area contributed by atoms with Crippen LogP contribution >= 0.6 is 0 Å². The topological polar surface area (TPSA) is 97.4 Å². The molecule has 1 amide bonds. The summed E-state index contributed by atoms with van der Waals surface area (Å²) in [7, 11) is -3.42. The fraction of sp³-hybridized carbons (Fsp3) is 0.300. The fourth-order valence-corrected chi connectivity index (χ4v) is 4.78. The molecule has 29 heavy (non-hydrogen) atoms. The molecule has 0 saturated carbocycles. The van der Waals surface area contributed by atoms with Gasteiger partial charge in [-0.25, -0.2) is 8.42 Å². The lowest BCUT2D eigenvalue weighted by atomic mass is 10.2. The van der Waals surface area contributed by atoms with Crippen molar-refractivity contribution in [1.82, 2.24) is 19.4 Å². The molecule has 152 valence electrons. The maximum Gasteiger partial charge on any atom is 0.287 e. The standard InChI is InChI=1S/C20H22N4O4S/c25-20(19-9-6-17(28-19)15-23-11-3-10-22-23)21-14-16-4-7-18(8-5-16)29(26,27)24-12-1-2-13-24/h3-11H,1-2,12-15H2,(H,21,25). The third-order valence-electron chi connectivity index (χ3n) is 4.84. The summed E-state index contributed by atoms with van der Waals surface area (Å²) in [5.41, 5.74) is 0.807. The molecule has 1 N–H and O–H groups in total. The molecule has 0 atom stereocenters. The Labute approximate surface area is 169 Å². The van der Waals surface area contributed by atoms with Crippen LogP contribution in [0.3, 0.4) is 0 Å². The van der Waals surface area contributed by atoms with Crippen molar-refractivity contribution >= 4 is 15.9 Å². The zero-order valence-corrected chi connectivity index (χ0v) is 16.6. The molecule has 1 saturated heterocycles. The number of carbonyl (C=O) groups excluding carboxylic acids is 1. The first-order valence-electron chi connectivity index (χ1n) is 9.46. The Kier molecular flexibility index (Phi) is 5.50. The van der Waals surface area contributed by atoms with Crippen LogP contribution in [0.1, 0.15) is 34.7 Å². The van der Waals surface area contributed by atoms with E-state index in [0.717, 1.165) is 18.4 Å². The second-order valence-corrected chi connectivity index (χ2v) is 8.85. The molecule has 4 rings (SSSR count). The Morgan fingerprint density at radius 1 is 1.10 bits per heavy atom. The monoisotopic (exact) mass is 414 g/mol. The lowest BCUT2D eigenvalue weighted by molar-refractivity contribution is 0.0921. The Balaban J connectivity index is 1.34. The molecule has 3 aromatic rings. The lowest BCUT2D eigenvalue weighted by Gasteiger charge is -2.15. The minimum Gasteiger partial charge on any atom is -0.454 e. The summed E-state index contributed by atoms with van der Waals surface area (Å²) < 4.78 is 33.9. The van der Waals surface area contributed by atoms with E-state index in [1.54, 1.807) is 47.3 Å². The van der Waals surface area contributed by atoms with Crippen molar-refractivity contribution < 1.29 is 17.6 Å². The van der Waals surface area contributed by atoms with Crippen LogP contribution in [0.4, 0.5) is 0 Å². The van der Waals surface area contributed by atoms with Gasteiger partial charge in [0.15, 0.2) is 5.76 Å². The molecule has 0 spiro atoms. The lowest BCUT2D eigenvalue weighted by Crippen LogP contribution is -2.27. The maximum absolute atomic E-state index is 12.6. The van der Waals surface area contributed by atoms with E-state index < -0.39 is 10.0 Å². The summed E-state index contributed by atoms with van der Waals surface area (Å²) in [4.78, 5) is 12.6. The highest BCUT2D eigenvalue weighted by molar-refractivity contribution is 7.89. The van der Waals surface area contributed by atoms with E-state index in [2.05, 4.69) is 10.4 Å². The Morgan fingerprint density at radius 3 is 2.55 bits per heavy atom. The number of hydrogen-bond acceptors (Lipinski definition) is 5. The van der Waals surface area contributed by atoms with Crippen molar-refractivity contribution in [3.63, 3.8) is 0 Å². The number of aromatic nitrogens is 2. The first-order valence-corrected chi connectivity index (χ1v) is 10.9. The van der Waals surface area contributed by atoms with E-state index in [0.29, 0.717) is 25.4 Å². The molecule has 1 aromatic carbocycles. The third kappa shape index (κ3) is 4.41. The Morgan fingerprint density at radius 2 is 1.86 bits per heavy atom. The van der Waals surface area contributed by atoms with Crippen LogP contribution in [0.15, 0.2) is 64.2 Å². The molecular formula is C20H22N4O4S.